The molecule has 0 saturated heterocycles. The molecule has 0 bridgehead atoms. The molecule has 2 heterocycles. The lowest BCUT2D eigenvalue weighted by Crippen LogP contribution is -2.33. The van der Waals surface area contributed by atoms with Gasteiger partial charge in [0.05, 0.1) is 18.2 Å². The summed E-state index contributed by atoms with van der Waals surface area (Å²) in [7, 11) is 0. The number of anilines is 1. The average Bonchev–Trinajstić information content (AvgIpc) is 3.03. The quantitative estimate of drug-likeness (QED) is 0.875. The van der Waals surface area contributed by atoms with Crippen molar-refractivity contribution in [1.82, 2.24) is 9.88 Å². The number of carbonyl (C=O) groups is 2. The minimum Gasteiger partial charge on any atom is -0.311 e. The van der Waals surface area contributed by atoms with Crippen LogP contribution in [0, 0.1) is 0 Å². The number of nitrogens with one attached hydrogen (secondary N) is 1. The van der Waals surface area contributed by atoms with E-state index in [1.165, 1.54) is 18.3 Å². The van der Waals surface area contributed by atoms with Gasteiger partial charge in [0.2, 0.25) is 11.8 Å². The third-order valence-corrected chi connectivity index (χ3v) is 5.12. The van der Waals surface area contributed by atoms with Crippen molar-refractivity contribution in [3.63, 3.8) is 0 Å². The molecular formula is C20H23N3O2S. The number of thiazole rings is 1. The van der Waals surface area contributed by atoms with Crippen LogP contribution < -0.4 is 5.32 Å². The molecule has 1 aliphatic rings. The van der Waals surface area contributed by atoms with Crippen molar-refractivity contribution in [3.05, 3.63) is 52.7 Å². The maximum Gasteiger partial charge on any atom is 0.228 e. The molecule has 0 aliphatic carbocycles. The lowest BCUT2D eigenvalue weighted by atomic mass is 9.93. The summed E-state index contributed by atoms with van der Waals surface area (Å²) in [6, 6.07) is 7.53. The summed E-state index contributed by atoms with van der Waals surface area (Å²) in [4.78, 5) is 30.7. The van der Waals surface area contributed by atoms with E-state index in [0.29, 0.717) is 5.13 Å². The van der Waals surface area contributed by atoms with E-state index in [1.807, 2.05) is 35.7 Å². The molecule has 1 atom stereocenters. The molecule has 0 radical (unpaired) electrons. The topological polar surface area (TPSA) is 62.3 Å². The lowest BCUT2D eigenvalue weighted by Gasteiger charge is -2.32. The highest BCUT2D eigenvalue weighted by Gasteiger charge is 2.28. The first kappa shape index (κ1) is 18.3. The predicted molar refractivity (Wildman–Crippen MR) is 105 cm³/mol. The molecule has 5 nitrogen and oxygen atoms in total. The molecule has 0 saturated carbocycles. The first-order valence-electron chi connectivity index (χ1n) is 8.57. The van der Waals surface area contributed by atoms with Gasteiger partial charge in [-0.25, -0.2) is 4.98 Å². The zero-order chi connectivity index (χ0) is 18.9. The second kappa shape index (κ2) is 7.03. The van der Waals surface area contributed by atoms with E-state index in [1.54, 1.807) is 11.1 Å². The molecule has 1 N–H and O–H groups in total. The smallest absolute Gasteiger partial charge is 0.228 e. The normalized spacial score (nSPS) is 16.3. The van der Waals surface area contributed by atoms with Gasteiger partial charge in [-0.1, -0.05) is 45.0 Å². The first-order valence-corrected chi connectivity index (χ1v) is 9.45. The van der Waals surface area contributed by atoms with Gasteiger partial charge in [0, 0.05) is 23.9 Å². The summed E-state index contributed by atoms with van der Waals surface area (Å²) in [5.41, 5.74) is 2.91. The maximum atomic E-state index is 12.6. The molecular weight excluding hydrogens is 346 g/mol. The molecule has 1 aromatic heterocycles. The van der Waals surface area contributed by atoms with Gasteiger partial charge in [-0.3, -0.25) is 9.59 Å². The fourth-order valence-corrected chi connectivity index (χ4v) is 3.89. The van der Waals surface area contributed by atoms with Gasteiger partial charge in [-0.15, -0.1) is 11.3 Å². The SMILES string of the molecule is CC(=O)N1C=Cc2ccccc2C1CC(=O)Nc1nc(C(C)(C)C)cs1. The van der Waals surface area contributed by atoms with E-state index < -0.39 is 0 Å². The number of hydrogen-bond donors (Lipinski definition) is 1. The Morgan fingerprint density at radius 3 is 2.65 bits per heavy atom. The lowest BCUT2D eigenvalue weighted by molar-refractivity contribution is -0.129. The van der Waals surface area contributed by atoms with Crippen LogP contribution in [0.15, 0.2) is 35.8 Å². The highest BCUT2D eigenvalue weighted by Crippen LogP contribution is 2.33. The molecule has 3 rings (SSSR count). The molecule has 26 heavy (non-hydrogen) atoms. The molecule has 1 aliphatic heterocycles. The standard InChI is InChI=1S/C20H23N3O2S/c1-13(24)23-10-9-14-7-5-6-8-15(14)16(23)11-18(25)22-19-21-17(12-26-19)20(2,3)4/h5-10,12,16H,11H2,1-4H3,(H,21,22,25). The summed E-state index contributed by atoms with van der Waals surface area (Å²) < 4.78 is 0. The van der Waals surface area contributed by atoms with Crippen molar-refractivity contribution < 1.29 is 9.59 Å². The maximum absolute atomic E-state index is 12.6. The minimum atomic E-state index is -0.309. The van der Waals surface area contributed by atoms with E-state index in [2.05, 4.69) is 31.1 Å². The largest absolute Gasteiger partial charge is 0.311 e. The molecule has 2 aromatic rings. The Morgan fingerprint density at radius 2 is 2.00 bits per heavy atom. The van der Waals surface area contributed by atoms with Crippen LogP contribution >= 0.6 is 11.3 Å². The third-order valence-electron chi connectivity index (χ3n) is 4.37. The Kier molecular flexibility index (Phi) is 4.96. The highest BCUT2D eigenvalue weighted by atomic mass is 32.1. The number of rotatable bonds is 3. The van der Waals surface area contributed by atoms with E-state index in [4.69, 9.17) is 0 Å². The number of nitrogens with zero attached hydrogens (tertiary/aromatic N) is 2. The Labute approximate surface area is 157 Å². The average molecular weight is 369 g/mol. The van der Waals surface area contributed by atoms with E-state index in [0.717, 1.165) is 16.8 Å². The van der Waals surface area contributed by atoms with Crippen molar-refractivity contribution in [2.75, 3.05) is 5.32 Å². The third kappa shape index (κ3) is 3.85. The monoisotopic (exact) mass is 369 g/mol. The van der Waals surface area contributed by atoms with Crippen molar-refractivity contribution in [2.24, 2.45) is 0 Å². The number of carbonyl (C=O) groups excluding carboxylic acids is 2. The van der Waals surface area contributed by atoms with E-state index in [-0.39, 0.29) is 29.7 Å². The summed E-state index contributed by atoms with van der Waals surface area (Å²) in [6.45, 7) is 7.77. The van der Waals surface area contributed by atoms with Crippen LogP contribution in [0.25, 0.3) is 6.08 Å². The molecule has 1 aromatic carbocycles. The number of amides is 2. The zero-order valence-corrected chi connectivity index (χ0v) is 16.3. The van der Waals surface area contributed by atoms with Gasteiger partial charge >= 0.3 is 0 Å². The summed E-state index contributed by atoms with van der Waals surface area (Å²) >= 11 is 1.42. The van der Waals surface area contributed by atoms with Gasteiger partial charge in [-0.2, -0.15) is 0 Å². The molecule has 0 fully saturated rings. The summed E-state index contributed by atoms with van der Waals surface area (Å²) in [5.74, 6) is -0.237. The van der Waals surface area contributed by atoms with Crippen LogP contribution in [0.5, 0.6) is 0 Å². The minimum absolute atomic E-state index is 0.0575. The van der Waals surface area contributed by atoms with Crippen LogP contribution in [0.4, 0.5) is 5.13 Å². The predicted octanol–water partition coefficient (Wildman–Crippen LogP) is 4.34. The van der Waals surface area contributed by atoms with Crippen LogP contribution in [0.3, 0.4) is 0 Å². The van der Waals surface area contributed by atoms with E-state index in [9.17, 15) is 9.59 Å². The van der Waals surface area contributed by atoms with Gasteiger partial charge in [0.1, 0.15) is 0 Å². The summed E-state index contributed by atoms with van der Waals surface area (Å²) in [6.07, 6.45) is 3.84. The molecule has 6 heteroatoms. The number of fused-ring (bicyclic) bond motifs is 1. The molecule has 2 amide bonds. The fourth-order valence-electron chi connectivity index (χ4n) is 2.93. The zero-order valence-electron chi connectivity index (χ0n) is 15.4. The molecule has 0 spiro atoms. The van der Waals surface area contributed by atoms with Crippen LogP contribution in [0.2, 0.25) is 0 Å². The number of benzene rings is 1. The highest BCUT2D eigenvalue weighted by molar-refractivity contribution is 7.13. The van der Waals surface area contributed by atoms with Gasteiger partial charge in [0.15, 0.2) is 5.13 Å². The number of aromatic nitrogens is 1. The fraction of sp³-hybridized carbons (Fsp3) is 0.350. The number of hydrogen-bond acceptors (Lipinski definition) is 4. The van der Waals surface area contributed by atoms with E-state index >= 15 is 0 Å². The Bertz CT molecular complexity index is 864. The Balaban J connectivity index is 1.77. The second-order valence-electron chi connectivity index (χ2n) is 7.43. The van der Waals surface area contributed by atoms with Crippen LogP contribution in [0.1, 0.15) is 57.0 Å². The Morgan fingerprint density at radius 1 is 1.27 bits per heavy atom. The van der Waals surface area contributed by atoms with Gasteiger partial charge < -0.3 is 10.2 Å². The van der Waals surface area contributed by atoms with Crippen LogP contribution in [-0.2, 0) is 15.0 Å². The Hall–Kier alpha value is -2.47. The van der Waals surface area contributed by atoms with Crippen molar-refractivity contribution in [3.8, 4) is 0 Å². The second-order valence-corrected chi connectivity index (χ2v) is 8.29. The van der Waals surface area contributed by atoms with Crippen molar-refractivity contribution in [1.29, 1.82) is 0 Å². The van der Waals surface area contributed by atoms with Gasteiger partial charge in [-0.05, 0) is 17.2 Å². The molecule has 1 unspecified atom stereocenters. The van der Waals surface area contributed by atoms with Crippen molar-refractivity contribution in [2.45, 2.75) is 45.6 Å². The van der Waals surface area contributed by atoms with Gasteiger partial charge in [0.25, 0.3) is 0 Å². The molecule has 136 valence electrons. The van der Waals surface area contributed by atoms with Crippen LogP contribution in [-0.4, -0.2) is 21.7 Å². The van der Waals surface area contributed by atoms with Crippen molar-refractivity contribution >= 4 is 34.4 Å². The summed E-state index contributed by atoms with van der Waals surface area (Å²) in [5, 5.41) is 5.44. The first-order chi connectivity index (χ1) is 12.3.